The number of aryl methyl sites for hydroxylation is 1. The van der Waals surface area contributed by atoms with E-state index in [1.54, 1.807) is 0 Å². The molecule has 3 N–H and O–H groups in total. The quantitative estimate of drug-likeness (QED) is 0.451. The molecule has 4 aromatic rings. The molecule has 2 heterocycles. The summed E-state index contributed by atoms with van der Waals surface area (Å²) in [5, 5.41) is 15.2. The predicted octanol–water partition coefficient (Wildman–Crippen LogP) is 5.23. The van der Waals surface area contributed by atoms with E-state index < -0.39 is 0 Å². The van der Waals surface area contributed by atoms with Crippen LogP contribution in [0.25, 0.3) is 10.9 Å². The van der Waals surface area contributed by atoms with Gasteiger partial charge in [0, 0.05) is 22.8 Å². The van der Waals surface area contributed by atoms with Gasteiger partial charge in [0.1, 0.15) is 5.82 Å². The van der Waals surface area contributed by atoms with Crippen molar-refractivity contribution in [2.24, 2.45) is 0 Å². The largest absolute Gasteiger partial charge is 0.378 e. The third-order valence-electron chi connectivity index (χ3n) is 5.58. The van der Waals surface area contributed by atoms with E-state index >= 15 is 0 Å². The highest BCUT2D eigenvalue weighted by molar-refractivity contribution is 5.92. The van der Waals surface area contributed by atoms with Gasteiger partial charge in [-0.05, 0) is 55.2 Å². The van der Waals surface area contributed by atoms with Crippen molar-refractivity contribution in [3.8, 4) is 0 Å². The zero-order valence-corrected chi connectivity index (χ0v) is 15.8. The van der Waals surface area contributed by atoms with Gasteiger partial charge in [-0.1, -0.05) is 30.3 Å². The molecule has 0 amide bonds. The molecule has 1 aliphatic carbocycles. The first-order chi connectivity index (χ1) is 13.8. The van der Waals surface area contributed by atoms with E-state index in [2.05, 4.69) is 82.4 Å². The minimum atomic E-state index is 0.164. The average molecular weight is 369 g/mol. The average Bonchev–Trinajstić information content (AvgIpc) is 3.39. The van der Waals surface area contributed by atoms with Gasteiger partial charge in [-0.2, -0.15) is 5.10 Å². The van der Waals surface area contributed by atoms with Crippen molar-refractivity contribution in [2.75, 3.05) is 10.6 Å². The van der Waals surface area contributed by atoms with Gasteiger partial charge in [0.2, 0.25) is 0 Å². The fraction of sp³-hybridized carbons (Fsp3) is 0.217. The molecule has 28 heavy (non-hydrogen) atoms. The summed E-state index contributed by atoms with van der Waals surface area (Å²) in [6, 6.07) is 19.6. The molecule has 1 unspecified atom stereocenters. The van der Waals surface area contributed by atoms with Gasteiger partial charge < -0.3 is 10.6 Å². The van der Waals surface area contributed by atoms with Crippen molar-refractivity contribution in [1.29, 1.82) is 0 Å². The minimum Gasteiger partial charge on any atom is -0.378 e. The van der Waals surface area contributed by atoms with Gasteiger partial charge in [-0.25, -0.2) is 4.98 Å². The molecule has 2 aromatic heterocycles. The van der Waals surface area contributed by atoms with Crippen molar-refractivity contribution >= 4 is 22.4 Å². The van der Waals surface area contributed by atoms with Crippen LogP contribution < -0.4 is 10.6 Å². The first kappa shape index (κ1) is 16.8. The SMILES string of the molecule is CC(Nc1cccc2nc(N[C@@H]3CCc4ccccc43)ccc12)c1cn[nH]c1. The van der Waals surface area contributed by atoms with E-state index in [1.165, 1.54) is 11.1 Å². The number of rotatable bonds is 5. The maximum absolute atomic E-state index is 4.87. The van der Waals surface area contributed by atoms with Crippen molar-refractivity contribution in [1.82, 2.24) is 15.2 Å². The lowest BCUT2D eigenvalue weighted by molar-refractivity contribution is 0.758. The van der Waals surface area contributed by atoms with Gasteiger partial charge in [0.15, 0.2) is 0 Å². The Labute approximate surface area is 164 Å². The number of hydrogen-bond acceptors (Lipinski definition) is 4. The Kier molecular flexibility index (Phi) is 4.20. The molecular formula is C23H23N5. The summed E-state index contributed by atoms with van der Waals surface area (Å²) in [5.74, 6) is 0.925. The van der Waals surface area contributed by atoms with Gasteiger partial charge in [0.05, 0.1) is 23.8 Å². The molecular weight excluding hydrogens is 346 g/mol. The predicted molar refractivity (Wildman–Crippen MR) is 113 cm³/mol. The third-order valence-corrected chi connectivity index (χ3v) is 5.58. The van der Waals surface area contributed by atoms with Crippen LogP contribution >= 0.6 is 0 Å². The normalized spacial score (nSPS) is 16.7. The highest BCUT2D eigenvalue weighted by Crippen LogP contribution is 2.34. The molecule has 140 valence electrons. The summed E-state index contributed by atoms with van der Waals surface area (Å²) >= 11 is 0. The van der Waals surface area contributed by atoms with E-state index in [9.17, 15) is 0 Å². The van der Waals surface area contributed by atoms with Crippen LogP contribution in [0.5, 0.6) is 0 Å². The molecule has 0 aliphatic heterocycles. The highest BCUT2D eigenvalue weighted by Gasteiger charge is 2.22. The number of nitrogens with zero attached hydrogens (tertiary/aromatic N) is 2. The number of hydrogen-bond donors (Lipinski definition) is 3. The Bertz CT molecular complexity index is 1100. The number of pyridine rings is 1. The monoisotopic (exact) mass is 369 g/mol. The van der Waals surface area contributed by atoms with Crippen LogP contribution in [0.3, 0.4) is 0 Å². The molecule has 5 rings (SSSR count). The standard InChI is InChI=1S/C23H23N5/c1-15(17-13-24-25-14-17)26-20-7-4-8-21-19(20)10-12-23(27-21)28-22-11-9-16-5-2-3-6-18(16)22/h2-8,10,12-15,22,26H,9,11H2,1H3,(H,24,25)(H,27,28)/t15?,22-/m1/s1. The summed E-state index contributed by atoms with van der Waals surface area (Å²) in [4.78, 5) is 4.87. The van der Waals surface area contributed by atoms with E-state index in [1.807, 2.05) is 12.4 Å². The molecule has 2 aromatic carbocycles. The summed E-state index contributed by atoms with van der Waals surface area (Å²) in [6.07, 6.45) is 6.01. The lowest BCUT2D eigenvalue weighted by Crippen LogP contribution is -2.09. The maximum atomic E-state index is 4.87. The number of aromatic nitrogens is 3. The van der Waals surface area contributed by atoms with Crippen LogP contribution in [-0.4, -0.2) is 15.2 Å². The summed E-state index contributed by atoms with van der Waals surface area (Å²) in [5.41, 5.74) is 6.04. The lowest BCUT2D eigenvalue weighted by atomic mass is 10.1. The fourth-order valence-electron chi connectivity index (χ4n) is 4.06. The van der Waals surface area contributed by atoms with Gasteiger partial charge in [-0.3, -0.25) is 5.10 Å². The highest BCUT2D eigenvalue weighted by atomic mass is 15.1. The van der Waals surface area contributed by atoms with Crippen LogP contribution in [-0.2, 0) is 6.42 Å². The molecule has 0 spiro atoms. The smallest absolute Gasteiger partial charge is 0.127 e. The second-order valence-electron chi connectivity index (χ2n) is 7.40. The molecule has 0 bridgehead atoms. The minimum absolute atomic E-state index is 0.164. The molecule has 0 radical (unpaired) electrons. The first-order valence-electron chi connectivity index (χ1n) is 9.77. The maximum Gasteiger partial charge on any atom is 0.127 e. The Morgan fingerprint density at radius 1 is 1.07 bits per heavy atom. The zero-order valence-electron chi connectivity index (χ0n) is 15.8. The Balaban J connectivity index is 1.40. The van der Waals surface area contributed by atoms with Crippen molar-refractivity contribution in [3.63, 3.8) is 0 Å². The number of anilines is 2. The molecule has 0 saturated carbocycles. The van der Waals surface area contributed by atoms with E-state index in [0.717, 1.165) is 40.8 Å². The van der Waals surface area contributed by atoms with E-state index in [0.29, 0.717) is 6.04 Å². The Morgan fingerprint density at radius 3 is 2.89 bits per heavy atom. The second-order valence-corrected chi connectivity index (χ2v) is 7.40. The van der Waals surface area contributed by atoms with Crippen LogP contribution in [0.15, 0.2) is 67.0 Å². The lowest BCUT2D eigenvalue weighted by Gasteiger charge is -2.17. The van der Waals surface area contributed by atoms with Crippen molar-refractivity contribution < 1.29 is 0 Å². The Morgan fingerprint density at radius 2 is 2.00 bits per heavy atom. The van der Waals surface area contributed by atoms with Gasteiger partial charge in [-0.15, -0.1) is 0 Å². The van der Waals surface area contributed by atoms with Crippen molar-refractivity contribution in [3.05, 3.63) is 83.7 Å². The summed E-state index contributed by atoms with van der Waals surface area (Å²) < 4.78 is 0. The summed E-state index contributed by atoms with van der Waals surface area (Å²) in [6.45, 7) is 2.13. The third kappa shape index (κ3) is 3.09. The summed E-state index contributed by atoms with van der Waals surface area (Å²) in [7, 11) is 0. The molecule has 2 atom stereocenters. The number of H-pyrrole nitrogens is 1. The molecule has 0 fully saturated rings. The van der Waals surface area contributed by atoms with Crippen LogP contribution in [0, 0.1) is 0 Å². The molecule has 1 aliphatic rings. The zero-order chi connectivity index (χ0) is 18.9. The Hall–Kier alpha value is -3.34. The first-order valence-corrected chi connectivity index (χ1v) is 9.77. The number of benzene rings is 2. The van der Waals surface area contributed by atoms with Crippen molar-refractivity contribution in [2.45, 2.75) is 31.8 Å². The number of aromatic amines is 1. The van der Waals surface area contributed by atoms with Crippen LogP contribution in [0.1, 0.15) is 42.1 Å². The number of fused-ring (bicyclic) bond motifs is 2. The topological polar surface area (TPSA) is 65.6 Å². The number of nitrogens with one attached hydrogen (secondary N) is 3. The molecule has 5 heteroatoms. The second kappa shape index (κ2) is 7.00. The van der Waals surface area contributed by atoms with Crippen LogP contribution in [0.2, 0.25) is 0 Å². The fourth-order valence-corrected chi connectivity index (χ4v) is 4.06. The van der Waals surface area contributed by atoms with Gasteiger partial charge >= 0.3 is 0 Å². The molecule has 0 saturated heterocycles. The van der Waals surface area contributed by atoms with Gasteiger partial charge in [0.25, 0.3) is 0 Å². The van der Waals surface area contributed by atoms with E-state index in [4.69, 9.17) is 4.98 Å². The van der Waals surface area contributed by atoms with Crippen LogP contribution in [0.4, 0.5) is 11.5 Å². The molecule has 5 nitrogen and oxygen atoms in total. The van der Waals surface area contributed by atoms with E-state index in [-0.39, 0.29) is 6.04 Å².